The molecule has 0 heterocycles. The quantitative estimate of drug-likeness (QED) is 0.484. The summed E-state index contributed by atoms with van der Waals surface area (Å²) in [5.41, 5.74) is 2.06. The van der Waals surface area contributed by atoms with Crippen molar-refractivity contribution in [2.24, 2.45) is 5.92 Å². The minimum absolute atomic E-state index is 0.175. The Morgan fingerprint density at radius 1 is 1.62 bits per heavy atom. The first kappa shape index (κ1) is 10.5. The molecule has 0 spiro atoms. The van der Waals surface area contributed by atoms with E-state index in [1.165, 1.54) is 12.0 Å². The maximum atomic E-state index is 10.6. The number of carbonyl (C=O) groups excluding carboxylic acids is 1. The standard InChI is InChI=1S/C11H18O2/c1-8-4-5-10(9(2)7-12)11(6-8)13-3/h7-8,11H,4-6H2,1-3H3/b10-9-. The highest BCUT2D eigenvalue weighted by atomic mass is 16.5. The molecule has 0 aromatic rings. The third-order valence-electron chi connectivity index (χ3n) is 2.88. The number of allylic oxidation sites excluding steroid dienone is 1. The van der Waals surface area contributed by atoms with Crippen molar-refractivity contribution >= 4 is 6.29 Å². The molecule has 1 aliphatic carbocycles. The average molecular weight is 182 g/mol. The Kier molecular flexibility index (Phi) is 3.67. The van der Waals surface area contributed by atoms with Crippen LogP contribution in [-0.2, 0) is 9.53 Å². The molecule has 0 bridgehead atoms. The second kappa shape index (κ2) is 4.56. The van der Waals surface area contributed by atoms with Crippen molar-refractivity contribution < 1.29 is 9.53 Å². The Labute approximate surface area is 80.0 Å². The second-order valence-corrected chi connectivity index (χ2v) is 3.93. The summed E-state index contributed by atoms with van der Waals surface area (Å²) in [6, 6.07) is 0. The van der Waals surface area contributed by atoms with Crippen molar-refractivity contribution in [1.82, 2.24) is 0 Å². The fourth-order valence-electron chi connectivity index (χ4n) is 1.95. The Hall–Kier alpha value is -0.630. The minimum atomic E-state index is 0.175. The number of aldehydes is 1. The van der Waals surface area contributed by atoms with Gasteiger partial charge in [-0.05, 0) is 43.3 Å². The molecule has 2 unspecified atom stereocenters. The molecule has 74 valence electrons. The summed E-state index contributed by atoms with van der Waals surface area (Å²) in [5, 5.41) is 0. The van der Waals surface area contributed by atoms with Gasteiger partial charge in [-0.2, -0.15) is 0 Å². The zero-order valence-corrected chi connectivity index (χ0v) is 8.67. The van der Waals surface area contributed by atoms with Gasteiger partial charge in [-0.15, -0.1) is 0 Å². The summed E-state index contributed by atoms with van der Waals surface area (Å²) >= 11 is 0. The first-order valence-corrected chi connectivity index (χ1v) is 4.86. The number of methoxy groups -OCH3 is 1. The summed E-state index contributed by atoms with van der Waals surface area (Å²) in [6.07, 6.45) is 4.37. The molecule has 0 aliphatic heterocycles. The summed E-state index contributed by atoms with van der Waals surface area (Å²) in [4.78, 5) is 10.6. The molecule has 1 rings (SSSR count). The molecule has 0 radical (unpaired) electrons. The van der Waals surface area contributed by atoms with Crippen molar-refractivity contribution in [2.75, 3.05) is 7.11 Å². The van der Waals surface area contributed by atoms with Gasteiger partial charge in [0.1, 0.15) is 6.29 Å². The summed E-state index contributed by atoms with van der Waals surface area (Å²) in [7, 11) is 1.72. The largest absolute Gasteiger partial charge is 0.377 e. The molecule has 0 amide bonds. The number of hydrogen-bond acceptors (Lipinski definition) is 2. The zero-order valence-electron chi connectivity index (χ0n) is 8.67. The zero-order chi connectivity index (χ0) is 9.84. The molecule has 1 aliphatic rings. The van der Waals surface area contributed by atoms with E-state index in [1.54, 1.807) is 7.11 Å². The van der Waals surface area contributed by atoms with Gasteiger partial charge >= 0.3 is 0 Å². The van der Waals surface area contributed by atoms with Gasteiger partial charge in [0.05, 0.1) is 6.10 Å². The highest BCUT2D eigenvalue weighted by Crippen LogP contribution is 2.31. The molecule has 1 fully saturated rings. The molecule has 0 N–H and O–H groups in total. The normalized spacial score (nSPS) is 32.8. The van der Waals surface area contributed by atoms with Gasteiger partial charge < -0.3 is 4.74 Å². The number of rotatable bonds is 2. The van der Waals surface area contributed by atoms with Crippen molar-refractivity contribution in [3.63, 3.8) is 0 Å². The van der Waals surface area contributed by atoms with Crippen LogP contribution in [0.3, 0.4) is 0 Å². The molecule has 2 atom stereocenters. The predicted octanol–water partition coefficient (Wildman–Crippen LogP) is 2.34. The van der Waals surface area contributed by atoms with E-state index in [1.807, 2.05) is 6.92 Å². The SMILES string of the molecule is COC1CC(C)CC/C1=C(\C)C=O. The van der Waals surface area contributed by atoms with Gasteiger partial charge in [-0.25, -0.2) is 0 Å². The first-order valence-electron chi connectivity index (χ1n) is 4.86. The fraction of sp³-hybridized carbons (Fsp3) is 0.727. The monoisotopic (exact) mass is 182 g/mol. The van der Waals surface area contributed by atoms with Gasteiger partial charge in [0.25, 0.3) is 0 Å². The minimum Gasteiger partial charge on any atom is -0.377 e. The van der Waals surface area contributed by atoms with E-state index in [9.17, 15) is 4.79 Å². The van der Waals surface area contributed by atoms with Crippen molar-refractivity contribution in [3.8, 4) is 0 Å². The molecule has 1 saturated carbocycles. The predicted molar refractivity (Wildman–Crippen MR) is 52.6 cm³/mol. The Bertz CT molecular complexity index is 218. The van der Waals surface area contributed by atoms with Gasteiger partial charge in [0, 0.05) is 7.11 Å². The van der Waals surface area contributed by atoms with Crippen LogP contribution in [0.25, 0.3) is 0 Å². The van der Waals surface area contributed by atoms with Gasteiger partial charge in [0.15, 0.2) is 0 Å². The lowest BCUT2D eigenvalue weighted by Crippen LogP contribution is -2.24. The fourth-order valence-corrected chi connectivity index (χ4v) is 1.95. The molecule has 13 heavy (non-hydrogen) atoms. The number of carbonyl (C=O) groups is 1. The van der Waals surface area contributed by atoms with E-state index in [2.05, 4.69) is 6.92 Å². The van der Waals surface area contributed by atoms with E-state index < -0.39 is 0 Å². The maximum Gasteiger partial charge on any atom is 0.145 e. The van der Waals surface area contributed by atoms with Gasteiger partial charge in [-0.1, -0.05) is 6.92 Å². The highest BCUT2D eigenvalue weighted by Gasteiger charge is 2.24. The lowest BCUT2D eigenvalue weighted by molar-refractivity contribution is -0.105. The molecule has 2 nitrogen and oxygen atoms in total. The average Bonchev–Trinajstić information content (AvgIpc) is 2.16. The third-order valence-corrected chi connectivity index (χ3v) is 2.88. The lowest BCUT2D eigenvalue weighted by atomic mass is 9.83. The molecule has 0 aromatic carbocycles. The van der Waals surface area contributed by atoms with Crippen LogP contribution in [0, 0.1) is 5.92 Å². The first-order chi connectivity index (χ1) is 6.19. The molecular weight excluding hydrogens is 164 g/mol. The van der Waals surface area contributed by atoms with Crippen LogP contribution in [0.15, 0.2) is 11.1 Å². The molecular formula is C11H18O2. The van der Waals surface area contributed by atoms with Crippen LogP contribution in [0.4, 0.5) is 0 Å². The van der Waals surface area contributed by atoms with Crippen LogP contribution >= 0.6 is 0 Å². The maximum absolute atomic E-state index is 10.6. The lowest BCUT2D eigenvalue weighted by Gasteiger charge is -2.29. The van der Waals surface area contributed by atoms with Crippen LogP contribution in [0.2, 0.25) is 0 Å². The van der Waals surface area contributed by atoms with Gasteiger partial charge in [0.2, 0.25) is 0 Å². The highest BCUT2D eigenvalue weighted by molar-refractivity contribution is 5.74. The topological polar surface area (TPSA) is 26.3 Å². The Morgan fingerprint density at radius 3 is 2.85 bits per heavy atom. The van der Waals surface area contributed by atoms with E-state index >= 15 is 0 Å². The third kappa shape index (κ3) is 2.41. The smallest absolute Gasteiger partial charge is 0.145 e. The summed E-state index contributed by atoms with van der Waals surface area (Å²) in [5.74, 6) is 0.716. The number of hydrogen-bond donors (Lipinski definition) is 0. The molecule has 0 aromatic heterocycles. The van der Waals surface area contributed by atoms with Crippen molar-refractivity contribution in [3.05, 3.63) is 11.1 Å². The van der Waals surface area contributed by atoms with E-state index in [0.717, 1.165) is 24.7 Å². The van der Waals surface area contributed by atoms with E-state index in [0.29, 0.717) is 5.92 Å². The van der Waals surface area contributed by atoms with Crippen molar-refractivity contribution in [2.45, 2.75) is 39.2 Å². The molecule has 0 saturated heterocycles. The van der Waals surface area contributed by atoms with Crippen LogP contribution in [0.5, 0.6) is 0 Å². The van der Waals surface area contributed by atoms with Crippen LogP contribution in [-0.4, -0.2) is 19.5 Å². The molecule has 2 heteroatoms. The summed E-state index contributed by atoms with van der Waals surface area (Å²) in [6.45, 7) is 4.11. The van der Waals surface area contributed by atoms with E-state index in [4.69, 9.17) is 4.74 Å². The van der Waals surface area contributed by atoms with E-state index in [-0.39, 0.29) is 6.10 Å². The Morgan fingerprint density at radius 2 is 2.31 bits per heavy atom. The van der Waals surface area contributed by atoms with Crippen LogP contribution < -0.4 is 0 Å². The Balaban J connectivity index is 2.79. The second-order valence-electron chi connectivity index (χ2n) is 3.93. The van der Waals surface area contributed by atoms with Crippen LogP contribution in [0.1, 0.15) is 33.1 Å². The van der Waals surface area contributed by atoms with Crippen molar-refractivity contribution in [1.29, 1.82) is 0 Å². The summed E-state index contributed by atoms with van der Waals surface area (Å²) < 4.78 is 5.38. The van der Waals surface area contributed by atoms with Gasteiger partial charge in [-0.3, -0.25) is 4.79 Å². The number of ether oxygens (including phenoxy) is 1.